The molecule has 0 heterocycles. The Bertz CT molecular complexity index is 404. The van der Waals surface area contributed by atoms with Crippen LogP contribution in [-0.4, -0.2) is 12.6 Å². The van der Waals surface area contributed by atoms with Gasteiger partial charge < -0.3 is 10.1 Å². The standard InChI is InChI=1S/C19H31NO/c1-3-4-7-13-21-19-12-6-5-10-17(19)15-20-18-11-8-9-16(2)14-18/h5-6,10,12,16,18,20H,3-4,7-9,11,13-15H2,1-2H3. The van der Waals surface area contributed by atoms with Crippen molar-refractivity contribution >= 4 is 0 Å². The van der Waals surface area contributed by atoms with Crippen molar-refractivity contribution in [1.29, 1.82) is 0 Å². The van der Waals surface area contributed by atoms with Crippen molar-refractivity contribution in [2.24, 2.45) is 5.92 Å². The molecule has 0 aliphatic heterocycles. The molecule has 1 saturated carbocycles. The van der Waals surface area contributed by atoms with Crippen LogP contribution >= 0.6 is 0 Å². The molecule has 21 heavy (non-hydrogen) atoms. The van der Waals surface area contributed by atoms with Crippen LogP contribution in [0.3, 0.4) is 0 Å². The van der Waals surface area contributed by atoms with Crippen LogP contribution in [0.5, 0.6) is 5.75 Å². The van der Waals surface area contributed by atoms with E-state index in [1.165, 1.54) is 44.1 Å². The van der Waals surface area contributed by atoms with Crippen molar-refractivity contribution in [3.63, 3.8) is 0 Å². The molecule has 1 aliphatic rings. The van der Waals surface area contributed by atoms with E-state index in [0.717, 1.165) is 31.2 Å². The van der Waals surface area contributed by atoms with Crippen LogP contribution in [0.4, 0.5) is 0 Å². The SMILES string of the molecule is CCCCCOc1ccccc1CNC1CCCC(C)C1. The monoisotopic (exact) mass is 289 g/mol. The van der Waals surface area contributed by atoms with Crippen molar-refractivity contribution in [1.82, 2.24) is 5.32 Å². The van der Waals surface area contributed by atoms with Gasteiger partial charge in [0.1, 0.15) is 5.75 Å². The summed E-state index contributed by atoms with van der Waals surface area (Å²) in [7, 11) is 0. The highest BCUT2D eigenvalue weighted by Crippen LogP contribution is 2.25. The normalized spacial score (nSPS) is 22.2. The lowest BCUT2D eigenvalue weighted by molar-refractivity contribution is 0.290. The van der Waals surface area contributed by atoms with Gasteiger partial charge in [-0.25, -0.2) is 0 Å². The Hall–Kier alpha value is -1.02. The van der Waals surface area contributed by atoms with E-state index in [0.29, 0.717) is 6.04 Å². The average Bonchev–Trinajstić information content (AvgIpc) is 2.50. The van der Waals surface area contributed by atoms with Crippen LogP contribution in [-0.2, 0) is 6.54 Å². The molecule has 0 radical (unpaired) electrons. The molecule has 2 nitrogen and oxygen atoms in total. The zero-order valence-corrected chi connectivity index (χ0v) is 13.7. The van der Waals surface area contributed by atoms with E-state index in [2.05, 4.69) is 43.4 Å². The van der Waals surface area contributed by atoms with Crippen LogP contribution in [0.25, 0.3) is 0 Å². The van der Waals surface area contributed by atoms with Crippen LogP contribution in [0, 0.1) is 5.92 Å². The van der Waals surface area contributed by atoms with Crippen LogP contribution < -0.4 is 10.1 Å². The first kappa shape index (κ1) is 16.4. The molecule has 1 N–H and O–H groups in total. The third kappa shape index (κ3) is 5.70. The van der Waals surface area contributed by atoms with E-state index < -0.39 is 0 Å². The van der Waals surface area contributed by atoms with Gasteiger partial charge in [0.25, 0.3) is 0 Å². The van der Waals surface area contributed by atoms with Gasteiger partial charge in [-0.05, 0) is 31.2 Å². The molecule has 1 aromatic rings. The minimum atomic E-state index is 0.682. The summed E-state index contributed by atoms with van der Waals surface area (Å²) < 4.78 is 5.96. The number of hydrogen-bond donors (Lipinski definition) is 1. The quantitative estimate of drug-likeness (QED) is 0.686. The maximum atomic E-state index is 5.96. The highest BCUT2D eigenvalue weighted by Gasteiger charge is 2.18. The van der Waals surface area contributed by atoms with Gasteiger partial charge in [-0.2, -0.15) is 0 Å². The second-order valence-corrected chi connectivity index (χ2v) is 6.51. The van der Waals surface area contributed by atoms with Gasteiger partial charge in [0.2, 0.25) is 0 Å². The maximum Gasteiger partial charge on any atom is 0.123 e. The van der Waals surface area contributed by atoms with Crippen LogP contribution in [0.15, 0.2) is 24.3 Å². The fourth-order valence-corrected chi connectivity index (χ4v) is 3.20. The molecule has 2 unspecified atom stereocenters. The third-order valence-corrected chi connectivity index (χ3v) is 4.50. The Balaban J connectivity index is 1.81. The minimum absolute atomic E-state index is 0.682. The zero-order chi connectivity index (χ0) is 14.9. The maximum absolute atomic E-state index is 5.96. The van der Waals surface area contributed by atoms with E-state index >= 15 is 0 Å². The van der Waals surface area contributed by atoms with E-state index in [4.69, 9.17) is 4.74 Å². The van der Waals surface area contributed by atoms with Crippen molar-refractivity contribution in [2.45, 2.75) is 71.4 Å². The fourth-order valence-electron chi connectivity index (χ4n) is 3.20. The number of nitrogens with one attached hydrogen (secondary N) is 1. The molecular weight excluding hydrogens is 258 g/mol. The number of unbranched alkanes of at least 4 members (excludes halogenated alkanes) is 2. The van der Waals surface area contributed by atoms with Crippen molar-refractivity contribution in [2.75, 3.05) is 6.61 Å². The Labute approximate surface area is 130 Å². The van der Waals surface area contributed by atoms with Gasteiger partial charge >= 0.3 is 0 Å². The first-order valence-electron chi connectivity index (χ1n) is 8.73. The topological polar surface area (TPSA) is 21.3 Å². The smallest absolute Gasteiger partial charge is 0.123 e. The summed E-state index contributed by atoms with van der Waals surface area (Å²) in [5.41, 5.74) is 1.30. The molecule has 1 aromatic carbocycles. The number of para-hydroxylation sites is 1. The van der Waals surface area contributed by atoms with E-state index in [1.807, 2.05) is 0 Å². The Morgan fingerprint density at radius 2 is 2.05 bits per heavy atom. The van der Waals surface area contributed by atoms with Crippen molar-refractivity contribution in [3.8, 4) is 5.75 Å². The van der Waals surface area contributed by atoms with Crippen LogP contribution in [0.1, 0.15) is 64.4 Å². The molecule has 2 atom stereocenters. The van der Waals surface area contributed by atoms with Gasteiger partial charge in [-0.1, -0.05) is 57.7 Å². The van der Waals surface area contributed by atoms with Gasteiger partial charge in [0.05, 0.1) is 6.61 Å². The summed E-state index contributed by atoms with van der Waals surface area (Å²) in [5, 5.41) is 3.73. The molecule has 2 heteroatoms. The summed E-state index contributed by atoms with van der Waals surface area (Å²) in [4.78, 5) is 0. The van der Waals surface area contributed by atoms with E-state index in [-0.39, 0.29) is 0 Å². The van der Waals surface area contributed by atoms with Crippen molar-refractivity contribution in [3.05, 3.63) is 29.8 Å². The van der Waals surface area contributed by atoms with E-state index in [1.54, 1.807) is 0 Å². The molecule has 2 rings (SSSR count). The molecule has 0 spiro atoms. The molecule has 1 fully saturated rings. The molecule has 0 bridgehead atoms. The van der Waals surface area contributed by atoms with Crippen molar-refractivity contribution < 1.29 is 4.74 Å². The highest BCUT2D eigenvalue weighted by atomic mass is 16.5. The third-order valence-electron chi connectivity index (χ3n) is 4.50. The summed E-state index contributed by atoms with van der Waals surface area (Å²) in [6.07, 6.45) is 9.05. The molecule has 1 aliphatic carbocycles. The number of rotatable bonds is 8. The second-order valence-electron chi connectivity index (χ2n) is 6.51. The largest absolute Gasteiger partial charge is 0.493 e. The molecule has 0 saturated heterocycles. The lowest BCUT2D eigenvalue weighted by atomic mass is 9.87. The predicted molar refractivity (Wildman–Crippen MR) is 89.7 cm³/mol. The van der Waals surface area contributed by atoms with Crippen LogP contribution in [0.2, 0.25) is 0 Å². The predicted octanol–water partition coefficient (Wildman–Crippen LogP) is 4.92. The molecule has 118 valence electrons. The van der Waals surface area contributed by atoms with Gasteiger partial charge in [-0.3, -0.25) is 0 Å². The Morgan fingerprint density at radius 3 is 2.86 bits per heavy atom. The second kappa shape index (κ2) is 9.09. The van der Waals surface area contributed by atoms with E-state index in [9.17, 15) is 0 Å². The average molecular weight is 289 g/mol. The van der Waals surface area contributed by atoms with Gasteiger partial charge in [0, 0.05) is 18.2 Å². The molecule has 0 aromatic heterocycles. The Kier molecular flexibility index (Phi) is 7.08. The summed E-state index contributed by atoms with van der Waals surface area (Å²) in [5.74, 6) is 1.93. The zero-order valence-electron chi connectivity index (χ0n) is 13.7. The number of benzene rings is 1. The molecular formula is C19H31NO. The summed E-state index contributed by atoms with van der Waals surface area (Å²) in [6.45, 7) is 6.37. The Morgan fingerprint density at radius 1 is 1.19 bits per heavy atom. The lowest BCUT2D eigenvalue weighted by Crippen LogP contribution is -2.33. The summed E-state index contributed by atoms with van der Waals surface area (Å²) in [6, 6.07) is 9.16. The number of ether oxygens (including phenoxy) is 1. The fraction of sp³-hybridized carbons (Fsp3) is 0.684. The summed E-state index contributed by atoms with van der Waals surface area (Å²) >= 11 is 0. The minimum Gasteiger partial charge on any atom is -0.493 e. The number of hydrogen-bond acceptors (Lipinski definition) is 2. The lowest BCUT2D eigenvalue weighted by Gasteiger charge is -2.27. The van der Waals surface area contributed by atoms with Gasteiger partial charge in [-0.15, -0.1) is 0 Å². The first-order valence-corrected chi connectivity index (χ1v) is 8.73. The first-order chi connectivity index (χ1) is 10.3. The molecule has 0 amide bonds. The van der Waals surface area contributed by atoms with Gasteiger partial charge in [0.15, 0.2) is 0 Å². The highest BCUT2D eigenvalue weighted by molar-refractivity contribution is 5.33.